The van der Waals surface area contributed by atoms with Gasteiger partial charge in [0, 0.05) is 0 Å². The third-order valence-electron chi connectivity index (χ3n) is 2.47. The molecule has 0 aromatic carbocycles. The molecule has 0 saturated heterocycles. The molecule has 1 saturated carbocycles. The topological polar surface area (TPSA) is 113 Å². The number of nitrogens with two attached hydrogens (primary N) is 2. The fraction of sp³-hybridized carbons (Fsp3) is 0.500. The van der Waals surface area contributed by atoms with Crippen LogP contribution in [0.25, 0.3) is 0 Å². The van der Waals surface area contributed by atoms with E-state index in [1.165, 1.54) is 0 Å². The van der Waals surface area contributed by atoms with Crippen LogP contribution in [0.4, 0.5) is 11.8 Å². The monoisotopic (exact) mass is 268 g/mol. The Hall–Kier alpha value is -1.55. The van der Waals surface area contributed by atoms with Gasteiger partial charge in [-0.25, -0.2) is 0 Å². The van der Waals surface area contributed by atoms with Crippen LogP contribution < -0.4 is 16.2 Å². The molecule has 1 aromatic rings. The van der Waals surface area contributed by atoms with Crippen LogP contribution in [0.1, 0.15) is 24.3 Å². The molecule has 18 heavy (non-hydrogen) atoms. The number of rotatable bonds is 5. The maximum atomic E-state index is 10.0. The molecule has 0 aliphatic heterocycles. The zero-order valence-electron chi connectivity index (χ0n) is 9.63. The van der Waals surface area contributed by atoms with Crippen molar-refractivity contribution in [2.45, 2.75) is 18.8 Å². The van der Waals surface area contributed by atoms with Crippen molar-refractivity contribution in [3.63, 3.8) is 0 Å². The Morgan fingerprint density at radius 3 is 2.78 bits per heavy atom. The molecule has 96 valence electrons. The van der Waals surface area contributed by atoms with Crippen LogP contribution in [0.5, 0.6) is 5.88 Å². The van der Waals surface area contributed by atoms with Crippen LogP contribution in [0, 0.1) is 5.81 Å². The molecule has 0 bridgehead atoms. The second-order valence-electron chi connectivity index (χ2n) is 3.84. The Morgan fingerprint density at radius 1 is 1.33 bits per heavy atom. The molecule has 8 heteroatoms. The van der Waals surface area contributed by atoms with Crippen molar-refractivity contribution in [3.8, 4) is 11.7 Å². The van der Waals surface area contributed by atoms with E-state index in [0.29, 0.717) is 17.6 Å². The van der Waals surface area contributed by atoms with Crippen LogP contribution in [0.2, 0.25) is 0 Å². The molecular weight excluding hydrogens is 255 g/mol. The van der Waals surface area contributed by atoms with E-state index in [2.05, 4.69) is 15.8 Å². The number of nitrogen functional groups attached to an aromatic ring is 2. The molecule has 1 fully saturated rings. The second-order valence-corrected chi connectivity index (χ2v) is 4.20. The van der Waals surface area contributed by atoms with Gasteiger partial charge in [-0.2, -0.15) is 0 Å². The van der Waals surface area contributed by atoms with Crippen LogP contribution in [-0.4, -0.2) is 23.2 Å². The van der Waals surface area contributed by atoms with Gasteiger partial charge < -0.3 is 0 Å². The molecule has 0 spiro atoms. The zero-order valence-corrected chi connectivity index (χ0v) is 10.5. The van der Waals surface area contributed by atoms with Crippen molar-refractivity contribution >= 4 is 19.7 Å². The summed E-state index contributed by atoms with van der Waals surface area (Å²) < 4.78 is 20.3. The van der Waals surface area contributed by atoms with E-state index in [9.17, 15) is 4.57 Å². The summed E-state index contributed by atoms with van der Waals surface area (Å²) in [7, 11) is -0.290. The van der Waals surface area contributed by atoms with Crippen LogP contribution in [0.15, 0.2) is 0 Å². The van der Waals surface area contributed by atoms with E-state index in [1.807, 2.05) is 0 Å². The van der Waals surface area contributed by atoms with Gasteiger partial charge in [-0.1, -0.05) is 0 Å². The van der Waals surface area contributed by atoms with Crippen molar-refractivity contribution in [1.82, 2.24) is 9.97 Å². The summed E-state index contributed by atoms with van der Waals surface area (Å²) in [6.07, 6.45) is 2.11. The second kappa shape index (κ2) is 5.87. The minimum atomic E-state index is -0.290. The molecular formula is C10H13N4O3P. The summed E-state index contributed by atoms with van der Waals surface area (Å²) in [5.41, 5.74) is 12.2. The van der Waals surface area contributed by atoms with Crippen LogP contribution in [-0.2, 0) is 9.30 Å². The van der Waals surface area contributed by atoms with Crippen molar-refractivity contribution < 1.29 is 14.0 Å². The summed E-state index contributed by atoms with van der Waals surface area (Å²) in [6.45, 7) is 0.474. The Morgan fingerprint density at radius 2 is 2.11 bits per heavy atom. The normalized spacial score (nSPS) is 14.0. The standard InChI is InChI=1S/C10H13N4O3P/c11-8-7(6-1-2-6)9(14-10(12)13-8)17-4-3-16-5-18-15/h6H,1-4H2,(H4,11,12,13,14). The molecule has 4 N–H and O–H groups in total. The molecule has 0 unspecified atom stereocenters. The number of nitrogens with zero attached hydrogens (tertiary/aromatic N) is 2. The van der Waals surface area contributed by atoms with Gasteiger partial charge in [-0.05, 0) is 0 Å². The first-order chi connectivity index (χ1) is 8.72. The molecule has 1 heterocycles. The van der Waals surface area contributed by atoms with Gasteiger partial charge in [0.2, 0.25) is 0 Å². The number of hydrogen-bond donors (Lipinski definition) is 2. The van der Waals surface area contributed by atoms with Gasteiger partial charge in [0.15, 0.2) is 0 Å². The van der Waals surface area contributed by atoms with Gasteiger partial charge in [0.1, 0.15) is 0 Å². The summed E-state index contributed by atoms with van der Waals surface area (Å²) >= 11 is 0. The summed E-state index contributed by atoms with van der Waals surface area (Å²) in [4.78, 5) is 7.97. The first-order valence-corrected chi connectivity index (χ1v) is 6.28. The number of ether oxygens (including phenoxy) is 2. The Bertz CT molecular complexity index is 541. The first-order valence-electron chi connectivity index (χ1n) is 5.47. The SMILES string of the molecule is Nc1nc(N)c(C2CC2)c(OCCOC#P=O)n1. The van der Waals surface area contributed by atoms with Gasteiger partial charge in [0.05, 0.1) is 0 Å². The van der Waals surface area contributed by atoms with Gasteiger partial charge in [-0.15, -0.1) is 0 Å². The van der Waals surface area contributed by atoms with Gasteiger partial charge >= 0.3 is 104 Å². The Kier molecular flexibility index (Phi) is 4.20. The summed E-state index contributed by atoms with van der Waals surface area (Å²) in [5.74, 6) is 3.39. The molecule has 1 aliphatic rings. The van der Waals surface area contributed by atoms with Crippen LogP contribution in [0.3, 0.4) is 0 Å². The Balaban J connectivity index is 2.05. The van der Waals surface area contributed by atoms with E-state index in [0.717, 1.165) is 18.4 Å². The van der Waals surface area contributed by atoms with E-state index >= 15 is 0 Å². The van der Waals surface area contributed by atoms with Crippen LogP contribution >= 0.6 is 7.92 Å². The molecule has 2 rings (SSSR count). The minimum absolute atomic E-state index is 0.0871. The van der Waals surface area contributed by atoms with Crippen molar-refractivity contribution in [2.24, 2.45) is 0 Å². The predicted molar refractivity (Wildman–Crippen MR) is 65.8 cm³/mol. The number of anilines is 2. The molecule has 1 aliphatic carbocycles. The molecule has 7 nitrogen and oxygen atoms in total. The van der Waals surface area contributed by atoms with E-state index in [-0.39, 0.29) is 27.1 Å². The molecule has 0 atom stereocenters. The molecule has 1 aromatic heterocycles. The number of hydrogen-bond acceptors (Lipinski definition) is 7. The third kappa shape index (κ3) is 3.23. The molecule has 0 radical (unpaired) electrons. The van der Waals surface area contributed by atoms with Crippen molar-refractivity contribution in [1.29, 1.82) is 0 Å². The summed E-state index contributed by atoms with van der Waals surface area (Å²) in [6, 6.07) is 0. The van der Waals surface area contributed by atoms with Gasteiger partial charge in [0.25, 0.3) is 0 Å². The van der Waals surface area contributed by atoms with Crippen molar-refractivity contribution in [3.05, 3.63) is 5.56 Å². The first kappa shape index (κ1) is 12.9. The van der Waals surface area contributed by atoms with E-state index < -0.39 is 0 Å². The average Bonchev–Trinajstić information content (AvgIpc) is 3.12. The van der Waals surface area contributed by atoms with Gasteiger partial charge in [-0.3, -0.25) is 0 Å². The number of aromatic nitrogens is 2. The average molecular weight is 268 g/mol. The zero-order chi connectivity index (χ0) is 13.0. The van der Waals surface area contributed by atoms with E-state index in [1.54, 1.807) is 0 Å². The Labute approximate surface area is 105 Å². The fourth-order valence-corrected chi connectivity index (χ4v) is 1.74. The quantitative estimate of drug-likeness (QED) is 0.607. The third-order valence-corrected chi connectivity index (χ3v) is 2.67. The maximum absolute atomic E-state index is 10.0. The predicted octanol–water partition coefficient (Wildman–Crippen LogP) is 1.12. The molecule has 0 amide bonds. The fourth-order valence-electron chi connectivity index (χ4n) is 1.60. The van der Waals surface area contributed by atoms with E-state index in [4.69, 9.17) is 20.9 Å². The summed E-state index contributed by atoms with van der Waals surface area (Å²) in [5, 5.41) is 0. The van der Waals surface area contributed by atoms with Crippen molar-refractivity contribution in [2.75, 3.05) is 24.7 Å².